The smallest absolute Gasteiger partial charge is 0.257 e. The van der Waals surface area contributed by atoms with Crippen molar-refractivity contribution in [1.82, 2.24) is 0 Å². The Morgan fingerprint density at radius 2 is 1.81 bits per heavy atom. The molecule has 0 saturated heterocycles. The predicted molar refractivity (Wildman–Crippen MR) is 65.5 cm³/mol. The maximum atomic E-state index is 11.5. The fourth-order valence-corrected chi connectivity index (χ4v) is 2.07. The van der Waals surface area contributed by atoms with Crippen LogP contribution in [0.2, 0.25) is 15.1 Å². The first-order valence-corrected chi connectivity index (χ1v) is 5.41. The van der Waals surface area contributed by atoms with Gasteiger partial charge in [-0.1, -0.05) is 34.8 Å². The van der Waals surface area contributed by atoms with Gasteiger partial charge in [-0.2, -0.15) is 0 Å². The summed E-state index contributed by atoms with van der Waals surface area (Å²) in [7, 11) is 0. The molecule has 1 heterocycles. The summed E-state index contributed by atoms with van der Waals surface area (Å²) in [5, 5.41) is 3.48. The summed E-state index contributed by atoms with van der Waals surface area (Å²) in [6.07, 6.45) is 0. The van der Waals surface area contributed by atoms with Crippen LogP contribution in [0.25, 0.3) is 0 Å². The first-order chi connectivity index (χ1) is 7.49. The van der Waals surface area contributed by atoms with Crippen LogP contribution in [0.15, 0.2) is 17.1 Å². The van der Waals surface area contributed by atoms with Gasteiger partial charge in [-0.05, 0) is 12.1 Å². The summed E-state index contributed by atoms with van der Waals surface area (Å²) in [6.45, 7) is 0. The number of hydrogen-bond donors (Lipinski definition) is 2. The normalized spacial score (nSPS) is 17.9. The van der Waals surface area contributed by atoms with Gasteiger partial charge in [0, 0.05) is 5.02 Å². The molecule has 0 spiro atoms. The van der Waals surface area contributed by atoms with Crippen LogP contribution < -0.4 is 11.1 Å². The van der Waals surface area contributed by atoms with E-state index in [1.54, 1.807) is 0 Å². The lowest BCUT2D eigenvalue weighted by molar-refractivity contribution is -0.115. The van der Waals surface area contributed by atoms with Crippen molar-refractivity contribution in [2.45, 2.75) is 6.04 Å². The zero-order valence-corrected chi connectivity index (χ0v) is 10.1. The number of carbonyl (C=O) groups excluding carboxylic acids is 1. The van der Waals surface area contributed by atoms with Gasteiger partial charge in [-0.15, -0.1) is 0 Å². The van der Waals surface area contributed by atoms with Gasteiger partial charge in [0.25, 0.3) is 5.91 Å². The molecule has 84 valence electrons. The first-order valence-electron chi connectivity index (χ1n) is 4.27. The van der Waals surface area contributed by atoms with Crippen LogP contribution in [-0.2, 0) is 4.79 Å². The van der Waals surface area contributed by atoms with E-state index in [4.69, 9.17) is 40.5 Å². The van der Waals surface area contributed by atoms with Crippen molar-refractivity contribution in [2.75, 3.05) is 5.32 Å². The van der Waals surface area contributed by atoms with Crippen molar-refractivity contribution in [3.63, 3.8) is 0 Å². The van der Waals surface area contributed by atoms with Gasteiger partial charge in [0.15, 0.2) is 6.04 Å². The van der Waals surface area contributed by atoms with Gasteiger partial charge in [-0.3, -0.25) is 4.79 Å². The molecule has 0 radical (unpaired) electrons. The molecule has 1 unspecified atom stereocenters. The topological polar surface area (TPSA) is 67.5 Å². The summed E-state index contributed by atoms with van der Waals surface area (Å²) < 4.78 is 0. The second-order valence-corrected chi connectivity index (χ2v) is 4.44. The Balaban J connectivity index is 2.18. The molecule has 3 N–H and O–H groups in total. The summed E-state index contributed by atoms with van der Waals surface area (Å²) >= 11 is 17.5. The maximum absolute atomic E-state index is 11.5. The number of amides is 1. The summed E-state index contributed by atoms with van der Waals surface area (Å²) in [6, 6.07) is 2.38. The Hall–Kier alpha value is -0.970. The van der Waals surface area contributed by atoms with E-state index >= 15 is 0 Å². The van der Waals surface area contributed by atoms with E-state index in [9.17, 15) is 4.79 Å². The van der Waals surface area contributed by atoms with Crippen molar-refractivity contribution in [2.24, 2.45) is 10.7 Å². The van der Waals surface area contributed by atoms with Gasteiger partial charge in [0.05, 0.1) is 15.7 Å². The number of halogens is 3. The van der Waals surface area contributed by atoms with E-state index in [1.807, 2.05) is 0 Å². The Morgan fingerprint density at radius 1 is 1.31 bits per heavy atom. The third-order valence-electron chi connectivity index (χ3n) is 1.99. The SMILES string of the molecule is NC1=NC1C(=O)Nc1c(Cl)cc(Cl)cc1Cl. The molecule has 0 aromatic heterocycles. The number of nitrogens with two attached hydrogens (primary N) is 1. The summed E-state index contributed by atoms with van der Waals surface area (Å²) in [5.74, 6) is -0.0534. The van der Waals surface area contributed by atoms with Gasteiger partial charge in [-0.25, -0.2) is 4.99 Å². The number of anilines is 1. The van der Waals surface area contributed by atoms with Crippen molar-refractivity contribution in [3.8, 4) is 0 Å². The molecule has 0 aliphatic carbocycles. The number of amidine groups is 1. The Labute approximate surface area is 106 Å². The number of rotatable bonds is 2. The molecule has 0 bridgehead atoms. The fourth-order valence-electron chi connectivity index (χ4n) is 1.16. The highest BCUT2D eigenvalue weighted by Gasteiger charge is 2.33. The molecule has 1 aromatic rings. The van der Waals surface area contributed by atoms with Crippen molar-refractivity contribution in [1.29, 1.82) is 0 Å². The van der Waals surface area contributed by atoms with Gasteiger partial charge < -0.3 is 11.1 Å². The predicted octanol–water partition coefficient (Wildman–Crippen LogP) is 2.32. The lowest BCUT2D eigenvalue weighted by Crippen LogP contribution is -2.25. The van der Waals surface area contributed by atoms with Crippen LogP contribution >= 0.6 is 34.8 Å². The molecule has 4 nitrogen and oxygen atoms in total. The third-order valence-corrected chi connectivity index (χ3v) is 2.81. The number of nitrogens with zero attached hydrogens (tertiary/aromatic N) is 1. The minimum atomic E-state index is -0.595. The van der Waals surface area contributed by atoms with E-state index in [2.05, 4.69) is 10.3 Å². The highest BCUT2D eigenvalue weighted by Crippen LogP contribution is 2.34. The highest BCUT2D eigenvalue weighted by molar-refractivity contribution is 6.42. The van der Waals surface area contributed by atoms with Crippen LogP contribution in [0, 0.1) is 0 Å². The molecule has 7 heteroatoms. The van der Waals surface area contributed by atoms with Crippen LogP contribution in [0.3, 0.4) is 0 Å². The standard InChI is InChI=1S/C9H6Cl3N3O/c10-3-1-4(11)6(5(12)2-3)15-9(16)7-8(13)14-7/h1-2,7H,(H2,13,14)(H,15,16). The second kappa shape index (κ2) is 4.13. The fraction of sp³-hybridized carbons (Fsp3) is 0.111. The van der Waals surface area contributed by atoms with E-state index in [0.29, 0.717) is 16.5 Å². The van der Waals surface area contributed by atoms with Crippen molar-refractivity contribution in [3.05, 3.63) is 27.2 Å². The third kappa shape index (κ3) is 2.24. The maximum Gasteiger partial charge on any atom is 0.257 e. The summed E-state index contributed by atoms with van der Waals surface area (Å²) in [5.41, 5.74) is 5.64. The Kier molecular flexibility index (Phi) is 2.97. The lowest BCUT2D eigenvalue weighted by Gasteiger charge is -2.08. The van der Waals surface area contributed by atoms with Crippen LogP contribution in [0.5, 0.6) is 0 Å². The minimum absolute atomic E-state index is 0.269. The first kappa shape index (κ1) is 11.5. The zero-order valence-electron chi connectivity index (χ0n) is 7.80. The average molecular weight is 279 g/mol. The van der Waals surface area contributed by atoms with Crippen molar-refractivity contribution < 1.29 is 4.79 Å². The molecule has 16 heavy (non-hydrogen) atoms. The van der Waals surface area contributed by atoms with E-state index in [0.717, 1.165) is 0 Å². The van der Waals surface area contributed by atoms with Gasteiger partial charge in [0.1, 0.15) is 5.84 Å². The van der Waals surface area contributed by atoms with Crippen LogP contribution in [0.4, 0.5) is 5.69 Å². The monoisotopic (exact) mass is 277 g/mol. The number of carbonyl (C=O) groups is 1. The van der Waals surface area contributed by atoms with E-state index in [-0.39, 0.29) is 16.0 Å². The van der Waals surface area contributed by atoms with E-state index < -0.39 is 6.04 Å². The molecule has 1 amide bonds. The number of nitrogens with one attached hydrogen (secondary N) is 1. The van der Waals surface area contributed by atoms with Crippen molar-refractivity contribution >= 4 is 52.2 Å². The van der Waals surface area contributed by atoms with E-state index in [1.165, 1.54) is 12.1 Å². The molecule has 1 aliphatic rings. The van der Waals surface area contributed by atoms with Crippen LogP contribution in [-0.4, -0.2) is 17.8 Å². The van der Waals surface area contributed by atoms with Gasteiger partial charge in [0.2, 0.25) is 0 Å². The Morgan fingerprint density at radius 3 is 2.25 bits per heavy atom. The summed E-state index contributed by atoms with van der Waals surface area (Å²) in [4.78, 5) is 15.2. The molecule has 1 aromatic carbocycles. The molecular formula is C9H6Cl3N3O. The Bertz CT molecular complexity index is 478. The molecule has 2 rings (SSSR count). The van der Waals surface area contributed by atoms with Crippen LogP contribution in [0.1, 0.15) is 0 Å². The largest absolute Gasteiger partial charge is 0.385 e. The molecular weight excluding hydrogens is 272 g/mol. The molecule has 1 atom stereocenters. The minimum Gasteiger partial charge on any atom is -0.385 e. The molecule has 0 saturated carbocycles. The van der Waals surface area contributed by atoms with Gasteiger partial charge >= 0.3 is 0 Å². The average Bonchev–Trinajstić information content (AvgIpc) is 2.88. The number of hydrogen-bond acceptors (Lipinski definition) is 3. The zero-order chi connectivity index (χ0) is 11.9. The molecule has 1 aliphatic heterocycles. The number of benzene rings is 1. The molecule has 0 fully saturated rings. The second-order valence-electron chi connectivity index (χ2n) is 3.19. The lowest BCUT2D eigenvalue weighted by atomic mass is 10.3. The number of aliphatic imine (C=N–C) groups is 1. The quantitative estimate of drug-likeness (QED) is 0.872. The highest BCUT2D eigenvalue weighted by atomic mass is 35.5.